The molecule has 1 aliphatic rings. The lowest BCUT2D eigenvalue weighted by Gasteiger charge is -2.26. The molecule has 0 aliphatic carbocycles. The number of hydrogen-bond donors (Lipinski definition) is 1. The Kier molecular flexibility index (Phi) is 5.48. The molecule has 182 valence electrons. The third-order valence-corrected chi connectivity index (χ3v) is 6.84. The van der Waals surface area contributed by atoms with Crippen LogP contribution in [-0.2, 0) is 6.18 Å². The van der Waals surface area contributed by atoms with Crippen LogP contribution in [0.15, 0.2) is 72.9 Å². The molecule has 6 rings (SSSR count). The van der Waals surface area contributed by atoms with Crippen LogP contribution in [0.1, 0.15) is 24.4 Å². The molecule has 4 nitrogen and oxygen atoms in total. The summed E-state index contributed by atoms with van der Waals surface area (Å²) in [6.45, 7) is 1.48. The summed E-state index contributed by atoms with van der Waals surface area (Å²) in [7, 11) is 0. The summed E-state index contributed by atoms with van der Waals surface area (Å²) in [6.07, 6.45) is -1.61. The lowest BCUT2D eigenvalue weighted by molar-refractivity contribution is -0.137. The van der Waals surface area contributed by atoms with E-state index in [9.17, 15) is 17.6 Å². The Labute approximate surface area is 204 Å². The molecular weight excluding hydrogens is 468 g/mol. The van der Waals surface area contributed by atoms with Gasteiger partial charge >= 0.3 is 6.18 Å². The number of fused-ring (bicyclic) bond motifs is 2. The average Bonchev–Trinajstić information content (AvgIpc) is 3.28. The molecule has 0 bridgehead atoms. The number of imidazole rings is 1. The summed E-state index contributed by atoms with van der Waals surface area (Å²) in [4.78, 5) is 9.36. The first-order chi connectivity index (χ1) is 17.4. The SMILES string of the molecule is Fc1ccc(-c2nc3c(-c4ccc5ccccc5c4)ccnc3n2C2CCNCC2)c(C(F)(F)F)c1. The van der Waals surface area contributed by atoms with Crippen LogP contribution in [0.25, 0.3) is 44.5 Å². The van der Waals surface area contributed by atoms with E-state index in [1.807, 2.05) is 53.1 Å². The number of alkyl halides is 3. The lowest BCUT2D eigenvalue weighted by atomic mass is 10.0. The van der Waals surface area contributed by atoms with E-state index in [4.69, 9.17) is 4.98 Å². The third kappa shape index (κ3) is 3.91. The molecule has 0 spiro atoms. The maximum absolute atomic E-state index is 14.0. The van der Waals surface area contributed by atoms with Gasteiger partial charge in [-0.1, -0.05) is 36.4 Å². The standard InChI is InChI=1S/C28H22F4N4/c29-20-7-8-23(24(16-20)28(30,31)32)26-35-25-22(19-6-5-17-3-1-2-4-18(17)15-19)11-14-34-27(25)36(26)21-9-12-33-13-10-21/h1-8,11,14-16,21,33H,9-10,12-13H2. The van der Waals surface area contributed by atoms with Gasteiger partial charge in [-0.25, -0.2) is 14.4 Å². The van der Waals surface area contributed by atoms with E-state index in [0.29, 0.717) is 17.2 Å². The number of hydrogen-bond acceptors (Lipinski definition) is 3. The molecule has 0 atom stereocenters. The molecule has 3 heterocycles. The highest BCUT2D eigenvalue weighted by Gasteiger charge is 2.36. The summed E-state index contributed by atoms with van der Waals surface area (Å²) in [5, 5.41) is 5.44. The Balaban J connectivity index is 1.63. The van der Waals surface area contributed by atoms with Gasteiger partial charge in [0.05, 0.1) is 5.56 Å². The number of halogens is 4. The zero-order chi connectivity index (χ0) is 24.9. The molecule has 0 radical (unpaired) electrons. The summed E-state index contributed by atoms with van der Waals surface area (Å²) < 4.78 is 57.8. The van der Waals surface area contributed by atoms with Crippen LogP contribution in [-0.4, -0.2) is 27.6 Å². The monoisotopic (exact) mass is 490 g/mol. The minimum atomic E-state index is -4.73. The van der Waals surface area contributed by atoms with E-state index in [2.05, 4.69) is 10.3 Å². The molecule has 1 saturated heterocycles. The normalized spacial score (nSPS) is 15.1. The van der Waals surface area contributed by atoms with E-state index in [1.165, 1.54) is 6.07 Å². The number of aromatic nitrogens is 3. The van der Waals surface area contributed by atoms with Crippen molar-refractivity contribution in [2.45, 2.75) is 25.1 Å². The van der Waals surface area contributed by atoms with Crippen molar-refractivity contribution in [1.82, 2.24) is 19.9 Å². The van der Waals surface area contributed by atoms with Crippen molar-refractivity contribution in [2.75, 3.05) is 13.1 Å². The summed E-state index contributed by atoms with van der Waals surface area (Å²) in [5.41, 5.74) is 1.55. The van der Waals surface area contributed by atoms with Crippen LogP contribution in [0.4, 0.5) is 17.6 Å². The van der Waals surface area contributed by atoms with E-state index >= 15 is 0 Å². The van der Waals surface area contributed by atoms with Crippen molar-refractivity contribution in [1.29, 1.82) is 0 Å². The quantitative estimate of drug-likeness (QED) is 0.277. The molecule has 36 heavy (non-hydrogen) atoms. The fourth-order valence-electron chi connectivity index (χ4n) is 5.13. The summed E-state index contributed by atoms with van der Waals surface area (Å²) >= 11 is 0. The largest absolute Gasteiger partial charge is 0.417 e. The number of benzene rings is 3. The molecule has 1 fully saturated rings. The second-order valence-electron chi connectivity index (χ2n) is 9.07. The predicted molar refractivity (Wildman–Crippen MR) is 132 cm³/mol. The molecule has 1 N–H and O–H groups in total. The summed E-state index contributed by atoms with van der Waals surface area (Å²) in [6, 6.07) is 18.5. The van der Waals surface area contributed by atoms with Crippen LogP contribution in [0, 0.1) is 5.82 Å². The van der Waals surface area contributed by atoms with Crippen molar-refractivity contribution >= 4 is 21.9 Å². The molecule has 8 heteroatoms. The van der Waals surface area contributed by atoms with E-state index in [1.54, 1.807) is 6.20 Å². The zero-order valence-electron chi connectivity index (χ0n) is 19.2. The van der Waals surface area contributed by atoms with Crippen LogP contribution < -0.4 is 5.32 Å². The molecule has 0 saturated carbocycles. The van der Waals surface area contributed by atoms with Crippen molar-refractivity contribution in [3.8, 4) is 22.5 Å². The van der Waals surface area contributed by atoms with Gasteiger partial charge < -0.3 is 9.88 Å². The van der Waals surface area contributed by atoms with Gasteiger partial charge in [0, 0.05) is 23.4 Å². The van der Waals surface area contributed by atoms with Gasteiger partial charge in [0.25, 0.3) is 0 Å². The zero-order valence-corrected chi connectivity index (χ0v) is 19.2. The molecular formula is C28H22F4N4. The van der Waals surface area contributed by atoms with Crippen LogP contribution >= 0.6 is 0 Å². The number of pyridine rings is 1. The Bertz CT molecular complexity index is 1580. The summed E-state index contributed by atoms with van der Waals surface area (Å²) in [5.74, 6) is -0.782. The molecule has 1 aliphatic heterocycles. The van der Waals surface area contributed by atoms with Gasteiger partial charge in [-0.3, -0.25) is 0 Å². The number of nitrogens with one attached hydrogen (secondary N) is 1. The fourth-order valence-corrected chi connectivity index (χ4v) is 5.13. The molecule has 0 amide bonds. The van der Waals surface area contributed by atoms with Crippen LogP contribution in [0.5, 0.6) is 0 Å². The van der Waals surface area contributed by atoms with Gasteiger partial charge in [0.2, 0.25) is 0 Å². The first-order valence-electron chi connectivity index (χ1n) is 11.8. The van der Waals surface area contributed by atoms with Crippen molar-refractivity contribution in [3.05, 3.63) is 84.3 Å². The highest BCUT2D eigenvalue weighted by molar-refractivity contribution is 5.96. The molecule has 2 aromatic heterocycles. The van der Waals surface area contributed by atoms with Crippen molar-refractivity contribution in [2.24, 2.45) is 0 Å². The Morgan fingerprint density at radius 1 is 0.861 bits per heavy atom. The fraction of sp³-hybridized carbons (Fsp3) is 0.214. The molecule has 5 aromatic rings. The van der Waals surface area contributed by atoms with Gasteiger partial charge in [0.1, 0.15) is 17.2 Å². The van der Waals surface area contributed by atoms with E-state index in [-0.39, 0.29) is 17.4 Å². The van der Waals surface area contributed by atoms with E-state index < -0.39 is 17.6 Å². The van der Waals surface area contributed by atoms with Crippen LogP contribution in [0.3, 0.4) is 0 Å². The second kappa shape index (κ2) is 8.71. The maximum Gasteiger partial charge on any atom is 0.417 e. The topological polar surface area (TPSA) is 42.7 Å². The predicted octanol–water partition coefficient (Wildman–Crippen LogP) is 7.00. The van der Waals surface area contributed by atoms with Crippen molar-refractivity contribution in [3.63, 3.8) is 0 Å². The third-order valence-electron chi connectivity index (χ3n) is 6.84. The second-order valence-corrected chi connectivity index (χ2v) is 9.07. The Hall–Kier alpha value is -3.78. The van der Waals surface area contributed by atoms with Crippen molar-refractivity contribution < 1.29 is 17.6 Å². The highest BCUT2D eigenvalue weighted by Crippen LogP contribution is 2.41. The smallest absolute Gasteiger partial charge is 0.317 e. The molecule has 3 aromatic carbocycles. The lowest BCUT2D eigenvalue weighted by Crippen LogP contribution is -2.30. The number of rotatable bonds is 3. The van der Waals surface area contributed by atoms with Crippen LogP contribution in [0.2, 0.25) is 0 Å². The number of nitrogens with zero attached hydrogens (tertiary/aromatic N) is 3. The van der Waals surface area contributed by atoms with Gasteiger partial charge in [-0.05, 0) is 72.6 Å². The van der Waals surface area contributed by atoms with Gasteiger partial charge in [0.15, 0.2) is 5.65 Å². The Morgan fingerprint density at radius 3 is 2.42 bits per heavy atom. The first-order valence-corrected chi connectivity index (χ1v) is 11.8. The maximum atomic E-state index is 14.0. The molecule has 0 unspecified atom stereocenters. The Morgan fingerprint density at radius 2 is 1.64 bits per heavy atom. The van der Waals surface area contributed by atoms with Gasteiger partial charge in [-0.15, -0.1) is 0 Å². The minimum Gasteiger partial charge on any atom is -0.317 e. The average molecular weight is 491 g/mol. The first kappa shape index (κ1) is 22.7. The number of piperidine rings is 1. The van der Waals surface area contributed by atoms with Gasteiger partial charge in [-0.2, -0.15) is 13.2 Å². The highest BCUT2D eigenvalue weighted by atomic mass is 19.4. The van der Waals surface area contributed by atoms with E-state index in [0.717, 1.165) is 53.9 Å². The minimum absolute atomic E-state index is 0.0864.